The molecule has 1 aromatic carbocycles. The number of nitrogens with two attached hydrogens (primary N) is 1. The van der Waals surface area contributed by atoms with E-state index in [2.05, 4.69) is 5.32 Å². The molecule has 20 heavy (non-hydrogen) atoms. The van der Waals surface area contributed by atoms with Crippen molar-refractivity contribution in [1.29, 1.82) is 0 Å². The van der Waals surface area contributed by atoms with Gasteiger partial charge in [0.15, 0.2) is 0 Å². The minimum absolute atomic E-state index is 0.0131. The van der Waals surface area contributed by atoms with Crippen LogP contribution in [0.25, 0.3) is 0 Å². The van der Waals surface area contributed by atoms with Crippen molar-refractivity contribution in [3.63, 3.8) is 0 Å². The lowest BCUT2D eigenvalue weighted by Crippen LogP contribution is -2.20. The maximum atomic E-state index is 12.5. The maximum Gasteiger partial charge on any atom is 0.416 e. The van der Waals surface area contributed by atoms with E-state index in [1.54, 1.807) is 6.92 Å². The Labute approximate surface area is 114 Å². The van der Waals surface area contributed by atoms with Gasteiger partial charge in [-0.15, -0.1) is 0 Å². The second-order valence-electron chi connectivity index (χ2n) is 4.61. The molecular weight excluding hydrogens is 273 g/mol. The van der Waals surface area contributed by atoms with Crippen molar-refractivity contribution in [2.75, 3.05) is 5.32 Å². The van der Waals surface area contributed by atoms with Gasteiger partial charge < -0.3 is 11.1 Å². The summed E-state index contributed by atoms with van der Waals surface area (Å²) in [5, 5.41) is 2.37. The Bertz CT molecular complexity index is 501. The summed E-state index contributed by atoms with van der Waals surface area (Å²) < 4.78 is 37.5. The van der Waals surface area contributed by atoms with Crippen LogP contribution < -0.4 is 11.1 Å². The summed E-state index contributed by atoms with van der Waals surface area (Å²) in [4.78, 5) is 22.3. The van der Waals surface area contributed by atoms with E-state index in [0.29, 0.717) is 0 Å². The number of rotatable bonds is 5. The smallest absolute Gasteiger partial charge is 0.370 e. The molecule has 0 aliphatic heterocycles. The first-order valence-electron chi connectivity index (χ1n) is 5.94. The highest BCUT2D eigenvalue weighted by Gasteiger charge is 2.30. The molecule has 110 valence electrons. The van der Waals surface area contributed by atoms with E-state index >= 15 is 0 Å². The van der Waals surface area contributed by atoms with E-state index in [9.17, 15) is 22.8 Å². The van der Waals surface area contributed by atoms with Crippen LogP contribution in [0.2, 0.25) is 0 Å². The Morgan fingerprint density at radius 1 is 1.30 bits per heavy atom. The van der Waals surface area contributed by atoms with E-state index in [0.717, 1.165) is 12.1 Å². The molecule has 1 unspecified atom stereocenters. The summed E-state index contributed by atoms with van der Waals surface area (Å²) in [5.41, 5.74) is 4.23. The minimum Gasteiger partial charge on any atom is -0.370 e. The van der Waals surface area contributed by atoms with Crippen LogP contribution in [-0.2, 0) is 15.8 Å². The lowest BCUT2D eigenvalue weighted by atomic mass is 10.0. The number of hydrogen-bond donors (Lipinski definition) is 2. The van der Waals surface area contributed by atoms with Crippen molar-refractivity contribution in [3.8, 4) is 0 Å². The summed E-state index contributed by atoms with van der Waals surface area (Å²) in [6.07, 6.45) is -4.39. The third kappa shape index (κ3) is 5.29. The van der Waals surface area contributed by atoms with Crippen molar-refractivity contribution in [1.82, 2.24) is 0 Å². The van der Waals surface area contributed by atoms with Crippen molar-refractivity contribution in [2.45, 2.75) is 25.9 Å². The normalized spacial score (nSPS) is 12.8. The standard InChI is InChI=1S/C13H15F3N2O2/c1-8(5-11(17)19)6-12(20)18-10-4-2-3-9(7-10)13(14,15)16/h2-4,7-8H,5-6H2,1H3,(H2,17,19)(H,18,20). The van der Waals surface area contributed by atoms with E-state index in [1.807, 2.05) is 0 Å². The fraction of sp³-hybridized carbons (Fsp3) is 0.385. The molecule has 7 heteroatoms. The van der Waals surface area contributed by atoms with Crippen LogP contribution in [-0.4, -0.2) is 11.8 Å². The zero-order valence-corrected chi connectivity index (χ0v) is 10.8. The van der Waals surface area contributed by atoms with Gasteiger partial charge in [0.25, 0.3) is 0 Å². The molecule has 0 saturated carbocycles. The van der Waals surface area contributed by atoms with E-state index in [1.165, 1.54) is 12.1 Å². The van der Waals surface area contributed by atoms with E-state index in [-0.39, 0.29) is 24.4 Å². The van der Waals surface area contributed by atoms with Crippen LogP contribution in [0.3, 0.4) is 0 Å². The summed E-state index contributed by atoms with van der Waals surface area (Å²) >= 11 is 0. The number of nitrogens with one attached hydrogen (secondary N) is 1. The van der Waals surface area contributed by atoms with Gasteiger partial charge in [-0.2, -0.15) is 13.2 Å². The molecule has 0 fully saturated rings. The molecular formula is C13H15F3N2O2. The topological polar surface area (TPSA) is 72.2 Å². The molecule has 3 N–H and O–H groups in total. The van der Waals surface area contributed by atoms with Crippen LogP contribution >= 0.6 is 0 Å². The molecule has 0 bridgehead atoms. The Hall–Kier alpha value is -2.05. The van der Waals surface area contributed by atoms with Gasteiger partial charge in [-0.25, -0.2) is 0 Å². The quantitative estimate of drug-likeness (QED) is 0.874. The van der Waals surface area contributed by atoms with Gasteiger partial charge in [0.2, 0.25) is 11.8 Å². The number of amides is 2. The third-order valence-corrected chi connectivity index (χ3v) is 2.56. The van der Waals surface area contributed by atoms with Crippen molar-refractivity contribution < 1.29 is 22.8 Å². The van der Waals surface area contributed by atoms with Crippen LogP contribution in [0.4, 0.5) is 18.9 Å². The predicted octanol–water partition coefficient (Wildman–Crippen LogP) is 2.55. The average molecular weight is 288 g/mol. The molecule has 0 aromatic heterocycles. The van der Waals surface area contributed by atoms with E-state index in [4.69, 9.17) is 5.73 Å². The number of carbonyl (C=O) groups is 2. The van der Waals surface area contributed by atoms with Gasteiger partial charge >= 0.3 is 6.18 Å². The molecule has 0 spiro atoms. The fourth-order valence-electron chi connectivity index (χ4n) is 1.72. The van der Waals surface area contributed by atoms with Crippen molar-refractivity contribution in [2.24, 2.45) is 11.7 Å². The van der Waals surface area contributed by atoms with Gasteiger partial charge in [0.05, 0.1) is 5.56 Å². The van der Waals surface area contributed by atoms with Gasteiger partial charge in [0, 0.05) is 18.5 Å². The SMILES string of the molecule is CC(CC(N)=O)CC(=O)Nc1cccc(C(F)(F)F)c1. The minimum atomic E-state index is -4.46. The second kappa shape index (κ2) is 6.40. The second-order valence-corrected chi connectivity index (χ2v) is 4.61. The van der Waals surface area contributed by atoms with Crippen LogP contribution in [0.5, 0.6) is 0 Å². The fourth-order valence-corrected chi connectivity index (χ4v) is 1.72. The molecule has 1 aromatic rings. The number of benzene rings is 1. The summed E-state index contributed by atoms with van der Waals surface area (Å²) in [6.45, 7) is 1.66. The summed E-state index contributed by atoms with van der Waals surface area (Å²) in [7, 11) is 0. The zero-order chi connectivity index (χ0) is 15.3. The molecule has 0 radical (unpaired) electrons. The average Bonchev–Trinajstić information content (AvgIpc) is 2.26. The lowest BCUT2D eigenvalue weighted by Gasteiger charge is -2.12. The lowest BCUT2D eigenvalue weighted by molar-refractivity contribution is -0.137. The van der Waals surface area contributed by atoms with Crippen LogP contribution in [0.1, 0.15) is 25.3 Å². The van der Waals surface area contributed by atoms with Crippen LogP contribution in [0.15, 0.2) is 24.3 Å². The molecule has 1 rings (SSSR count). The number of hydrogen-bond acceptors (Lipinski definition) is 2. The molecule has 0 aliphatic rings. The first kappa shape index (κ1) is 16.0. The van der Waals surface area contributed by atoms with Gasteiger partial charge in [0.1, 0.15) is 0 Å². The molecule has 1 atom stereocenters. The monoisotopic (exact) mass is 288 g/mol. The van der Waals surface area contributed by atoms with Gasteiger partial charge in [-0.05, 0) is 24.1 Å². The Balaban J connectivity index is 2.65. The predicted molar refractivity (Wildman–Crippen MR) is 67.7 cm³/mol. The molecule has 0 heterocycles. The van der Waals surface area contributed by atoms with Gasteiger partial charge in [-0.1, -0.05) is 13.0 Å². The highest BCUT2D eigenvalue weighted by molar-refractivity contribution is 5.91. The first-order chi connectivity index (χ1) is 9.18. The maximum absolute atomic E-state index is 12.5. The number of alkyl halides is 3. The molecule has 4 nitrogen and oxygen atoms in total. The van der Waals surface area contributed by atoms with Gasteiger partial charge in [-0.3, -0.25) is 9.59 Å². The highest BCUT2D eigenvalue weighted by atomic mass is 19.4. The van der Waals surface area contributed by atoms with Crippen molar-refractivity contribution >= 4 is 17.5 Å². The number of anilines is 1. The number of primary amides is 1. The Morgan fingerprint density at radius 2 is 1.95 bits per heavy atom. The highest BCUT2D eigenvalue weighted by Crippen LogP contribution is 2.30. The Morgan fingerprint density at radius 3 is 2.50 bits per heavy atom. The summed E-state index contributed by atoms with van der Waals surface area (Å²) in [5.74, 6) is -1.25. The molecule has 0 aliphatic carbocycles. The first-order valence-corrected chi connectivity index (χ1v) is 5.94. The zero-order valence-electron chi connectivity index (χ0n) is 10.8. The summed E-state index contributed by atoms with van der Waals surface area (Å²) in [6, 6.07) is 4.36. The van der Waals surface area contributed by atoms with E-state index < -0.39 is 23.6 Å². The number of carbonyl (C=O) groups excluding carboxylic acids is 2. The molecule has 2 amide bonds. The Kier molecular flexibility index (Phi) is 5.12. The molecule has 0 saturated heterocycles. The largest absolute Gasteiger partial charge is 0.416 e. The number of halogens is 3. The third-order valence-electron chi connectivity index (χ3n) is 2.56. The van der Waals surface area contributed by atoms with Crippen molar-refractivity contribution in [3.05, 3.63) is 29.8 Å². The van der Waals surface area contributed by atoms with Crippen LogP contribution in [0, 0.1) is 5.92 Å².